The average Bonchev–Trinajstić information content (AvgIpc) is 2.02. The molecule has 0 unspecified atom stereocenters. The average molecular weight is 224 g/mol. The summed E-state index contributed by atoms with van der Waals surface area (Å²) in [6.45, 7) is 14.8. The van der Waals surface area contributed by atoms with Gasteiger partial charge >= 0.3 is 18.9 Å². The van der Waals surface area contributed by atoms with Crippen LogP contribution in [0.5, 0.6) is 0 Å². The maximum absolute atomic E-state index is 6.08. The molecule has 0 saturated carbocycles. The minimum absolute atomic E-state index is 0. The summed E-state index contributed by atoms with van der Waals surface area (Å²) in [4.78, 5) is 0. The van der Waals surface area contributed by atoms with Gasteiger partial charge in [0, 0.05) is 6.61 Å². The predicted octanol–water partition coefficient (Wildman–Crippen LogP) is 1.70. The molecule has 0 aromatic rings. The largest absolute Gasteiger partial charge is 1.00 e. The van der Waals surface area contributed by atoms with Crippen LogP contribution in [-0.4, -0.2) is 14.9 Å². The molecule has 0 aromatic carbocycles. The standard InChI is InChI=1S/C12H28OSi.Li.H/c1-7-8-9-10-11-13-14(5,6)12(2,3)4;;/h7-11H2,1-6H3;;/q;+1;-1. The van der Waals surface area contributed by atoms with Gasteiger partial charge in [-0.1, -0.05) is 47.0 Å². The fourth-order valence-electron chi connectivity index (χ4n) is 1.07. The van der Waals surface area contributed by atoms with Gasteiger partial charge in [-0.05, 0) is 24.6 Å². The Kier molecular flexibility index (Phi) is 9.62. The van der Waals surface area contributed by atoms with Gasteiger partial charge in [-0.15, -0.1) is 0 Å². The topological polar surface area (TPSA) is 9.23 Å². The Labute approximate surface area is 111 Å². The Hall–Kier alpha value is 0.774. The zero-order valence-electron chi connectivity index (χ0n) is 12.9. The summed E-state index contributed by atoms with van der Waals surface area (Å²) in [5.41, 5.74) is 0. The van der Waals surface area contributed by atoms with E-state index >= 15 is 0 Å². The minimum atomic E-state index is -1.47. The van der Waals surface area contributed by atoms with Crippen LogP contribution in [0.1, 0.15) is 54.8 Å². The van der Waals surface area contributed by atoms with Crippen molar-refractivity contribution in [1.29, 1.82) is 0 Å². The van der Waals surface area contributed by atoms with Gasteiger partial charge in [0.15, 0.2) is 8.32 Å². The molecule has 0 N–H and O–H groups in total. The number of rotatable bonds is 6. The second-order valence-electron chi connectivity index (χ2n) is 5.67. The number of unbranched alkanes of at least 4 members (excludes halogenated alkanes) is 3. The molecule has 3 heteroatoms. The van der Waals surface area contributed by atoms with Crippen molar-refractivity contribution in [2.45, 2.75) is 71.5 Å². The zero-order valence-corrected chi connectivity index (χ0v) is 12.9. The molecule has 0 rings (SSSR count). The fraction of sp³-hybridized carbons (Fsp3) is 1.00. The molecule has 0 aliphatic rings. The molecule has 1 nitrogen and oxygen atoms in total. The normalized spacial score (nSPS) is 12.4. The van der Waals surface area contributed by atoms with E-state index < -0.39 is 8.32 Å². The summed E-state index contributed by atoms with van der Waals surface area (Å²) >= 11 is 0. The van der Waals surface area contributed by atoms with E-state index in [-0.39, 0.29) is 20.3 Å². The van der Waals surface area contributed by atoms with E-state index in [2.05, 4.69) is 40.8 Å². The van der Waals surface area contributed by atoms with Crippen molar-refractivity contribution in [3.05, 3.63) is 0 Å². The van der Waals surface area contributed by atoms with Gasteiger partial charge in [0.1, 0.15) is 0 Å². The number of hydrogen-bond acceptors (Lipinski definition) is 1. The molecular formula is C12H29LiOSi. The first-order valence-corrected chi connectivity index (χ1v) is 8.86. The van der Waals surface area contributed by atoms with Gasteiger partial charge in [0.2, 0.25) is 0 Å². The summed E-state index contributed by atoms with van der Waals surface area (Å²) in [6, 6.07) is 0. The molecule has 0 radical (unpaired) electrons. The molecule has 15 heavy (non-hydrogen) atoms. The van der Waals surface area contributed by atoms with E-state index in [1.54, 1.807) is 0 Å². The second-order valence-corrected chi connectivity index (χ2v) is 10.5. The molecular weight excluding hydrogens is 195 g/mol. The predicted molar refractivity (Wildman–Crippen MR) is 68.4 cm³/mol. The molecule has 0 amide bonds. The van der Waals surface area contributed by atoms with Gasteiger partial charge in [0.05, 0.1) is 0 Å². The molecule has 0 aromatic heterocycles. The Morgan fingerprint density at radius 2 is 1.60 bits per heavy atom. The SMILES string of the molecule is CCCCCCO[Si](C)(C)C(C)(C)C.[H-].[Li+]. The molecule has 0 aliphatic heterocycles. The fourth-order valence-corrected chi connectivity index (χ4v) is 2.16. The van der Waals surface area contributed by atoms with Crippen LogP contribution in [0.4, 0.5) is 0 Å². The minimum Gasteiger partial charge on any atom is -1.00 e. The van der Waals surface area contributed by atoms with Crippen LogP contribution in [-0.2, 0) is 4.43 Å². The zero-order chi connectivity index (χ0) is 11.2. The monoisotopic (exact) mass is 224 g/mol. The van der Waals surface area contributed by atoms with Crippen LogP contribution in [0.2, 0.25) is 18.1 Å². The molecule has 0 saturated heterocycles. The first-order chi connectivity index (χ1) is 6.31. The van der Waals surface area contributed by atoms with E-state index in [0.717, 1.165) is 6.61 Å². The van der Waals surface area contributed by atoms with Crippen molar-refractivity contribution in [3.8, 4) is 0 Å². The van der Waals surface area contributed by atoms with Crippen LogP contribution < -0.4 is 18.9 Å². The molecule has 0 bridgehead atoms. The molecule has 0 spiro atoms. The molecule has 0 fully saturated rings. The second kappa shape index (κ2) is 7.95. The van der Waals surface area contributed by atoms with Crippen molar-refractivity contribution >= 4 is 8.32 Å². The van der Waals surface area contributed by atoms with Crippen molar-refractivity contribution in [2.24, 2.45) is 0 Å². The summed E-state index contributed by atoms with van der Waals surface area (Å²) in [7, 11) is -1.47. The molecule has 0 heterocycles. The van der Waals surface area contributed by atoms with Crippen LogP contribution in [0.3, 0.4) is 0 Å². The maximum Gasteiger partial charge on any atom is 1.00 e. The van der Waals surface area contributed by atoms with Gasteiger partial charge in [-0.2, -0.15) is 0 Å². The van der Waals surface area contributed by atoms with Crippen LogP contribution in [0, 0.1) is 0 Å². The van der Waals surface area contributed by atoms with Crippen molar-refractivity contribution in [3.63, 3.8) is 0 Å². The number of hydrogen-bond donors (Lipinski definition) is 0. The summed E-state index contributed by atoms with van der Waals surface area (Å²) < 4.78 is 6.08. The molecule has 0 aliphatic carbocycles. The van der Waals surface area contributed by atoms with Crippen LogP contribution in [0.25, 0.3) is 0 Å². The van der Waals surface area contributed by atoms with Crippen LogP contribution >= 0.6 is 0 Å². The third-order valence-electron chi connectivity index (χ3n) is 3.27. The van der Waals surface area contributed by atoms with E-state index in [1.165, 1.54) is 25.7 Å². The Balaban J connectivity index is -0.000000845. The third kappa shape index (κ3) is 7.63. The Morgan fingerprint density at radius 3 is 2.00 bits per heavy atom. The van der Waals surface area contributed by atoms with E-state index in [1.807, 2.05) is 0 Å². The van der Waals surface area contributed by atoms with E-state index in [0.29, 0.717) is 5.04 Å². The van der Waals surface area contributed by atoms with Gasteiger partial charge in [-0.25, -0.2) is 0 Å². The summed E-state index contributed by atoms with van der Waals surface area (Å²) in [5, 5.41) is 0.359. The van der Waals surface area contributed by atoms with Crippen molar-refractivity contribution in [2.75, 3.05) is 6.61 Å². The smallest absolute Gasteiger partial charge is 1.00 e. The summed E-state index contributed by atoms with van der Waals surface area (Å²) in [6.07, 6.45) is 5.21. The maximum atomic E-state index is 6.08. The van der Waals surface area contributed by atoms with E-state index in [4.69, 9.17) is 4.43 Å². The van der Waals surface area contributed by atoms with Crippen LogP contribution in [0.15, 0.2) is 0 Å². The van der Waals surface area contributed by atoms with Gasteiger partial charge < -0.3 is 5.85 Å². The van der Waals surface area contributed by atoms with Crippen molar-refractivity contribution in [1.82, 2.24) is 0 Å². The van der Waals surface area contributed by atoms with Gasteiger partial charge in [0.25, 0.3) is 0 Å². The third-order valence-corrected chi connectivity index (χ3v) is 7.81. The molecule has 0 atom stereocenters. The van der Waals surface area contributed by atoms with Gasteiger partial charge in [-0.3, -0.25) is 0 Å². The first-order valence-electron chi connectivity index (χ1n) is 5.95. The quantitative estimate of drug-likeness (QED) is 0.493. The first kappa shape index (κ1) is 18.1. The Morgan fingerprint density at radius 1 is 1.07 bits per heavy atom. The summed E-state index contributed by atoms with van der Waals surface area (Å²) in [5.74, 6) is 0. The molecule has 88 valence electrons. The van der Waals surface area contributed by atoms with E-state index in [9.17, 15) is 0 Å². The Bertz CT molecular complexity index is 158. The van der Waals surface area contributed by atoms with Crippen molar-refractivity contribution < 1.29 is 24.7 Å².